The van der Waals surface area contributed by atoms with E-state index in [0.717, 1.165) is 49.8 Å². The average molecular weight is 719 g/mol. The Morgan fingerprint density at radius 2 is 1.04 bits per heavy atom. The average Bonchev–Trinajstić information content (AvgIpc) is 3.65. The topological polar surface area (TPSA) is 51.6 Å². The molecule has 0 bridgehead atoms. The smallest absolute Gasteiger partial charge is 0.165 e. The van der Waals surface area contributed by atoms with Crippen LogP contribution in [-0.4, -0.2) is 19.9 Å². The fourth-order valence-corrected chi connectivity index (χ4v) is 9.14. The van der Waals surface area contributed by atoms with E-state index >= 15 is 0 Å². The first-order valence-electron chi connectivity index (χ1n) is 18.4. The van der Waals surface area contributed by atoms with Crippen molar-refractivity contribution in [2.45, 2.75) is 0 Å². The van der Waals surface area contributed by atoms with Gasteiger partial charge in [-0.2, -0.15) is 0 Å². The molecular formula is C50H30N4S. The quantitative estimate of drug-likeness (QED) is 0.166. The largest absolute Gasteiger partial charge is 0.256 e. The van der Waals surface area contributed by atoms with Gasteiger partial charge in [-0.15, -0.1) is 11.3 Å². The van der Waals surface area contributed by atoms with E-state index in [-0.39, 0.29) is 0 Å². The number of fused-ring (bicyclic) bond motifs is 8. The van der Waals surface area contributed by atoms with E-state index in [9.17, 15) is 0 Å². The fraction of sp³-hybridized carbons (Fsp3) is 0. The van der Waals surface area contributed by atoms with Gasteiger partial charge in [0.15, 0.2) is 17.5 Å². The number of benzene rings is 8. The summed E-state index contributed by atoms with van der Waals surface area (Å²) in [6, 6.07) is 62.0. The molecule has 0 fully saturated rings. The van der Waals surface area contributed by atoms with Gasteiger partial charge in [-0.3, -0.25) is 4.98 Å². The molecule has 256 valence electrons. The number of aromatic nitrogens is 4. The second-order valence-electron chi connectivity index (χ2n) is 13.8. The summed E-state index contributed by atoms with van der Waals surface area (Å²) in [6.07, 6.45) is 1.90. The Morgan fingerprint density at radius 3 is 1.93 bits per heavy atom. The Kier molecular flexibility index (Phi) is 7.32. The monoisotopic (exact) mass is 718 g/mol. The van der Waals surface area contributed by atoms with Crippen molar-refractivity contribution >= 4 is 64.0 Å². The molecule has 0 saturated heterocycles. The number of rotatable bonds is 5. The highest BCUT2D eigenvalue weighted by Crippen LogP contribution is 2.41. The summed E-state index contributed by atoms with van der Waals surface area (Å²) in [5.41, 5.74) is 8.35. The molecule has 4 nitrogen and oxygen atoms in total. The van der Waals surface area contributed by atoms with Gasteiger partial charge in [0.1, 0.15) is 0 Å². The molecule has 0 amide bonds. The lowest BCUT2D eigenvalue weighted by molar-refractivity contribution is 1.08. The minimum absolute atomic E-state index is 0.631. The maximum absolute atomic E-state index is 5.20. The third kappa shape index (κ3) is 5.36. The molecule has 0 saturated carbocycles. The second-order valence-corrected chi connectivity index (χ2v) is 14.9. The van der Waals surface area contributed by atoms with Gasteiger partial charge in [-0.25, -0.2) is 15.0 Å². The molecule has 5 heteroatoms. The minimum atomic E-state index is 0.631. The summed E-state index contributed by atoms with van der Waals surface area (Å²) < 4.78 is 2.42. The van der Waals surface area contributed by atoms with Gasteiger partial charge in [0, 0.05) is 48.4 Å². The highest BCUT2D eigenvalue weighted by Gasteiger charge is 2.18. The third-order valence-electron chi connectivity index (χ3n) is 10.6. The Balaban J connectivity index is 1.07. The van der Waals surface area contributed by atoms with Crippen molar-refractivity contribution in [3.8, 4) is 56.4 Å². The molecule has 0 aliphatic carbocycles. The minimum Gasteiger partial charge on any atom is -0.256 e. The zero-order valence-electron chi connectivity index (χ0n) is 29.5. The SMILES string of the molecule is c1ccc(-c2cccc(-c3nc(-c4ccc(-c5ccnc6ccc7c8ccccc8ccc7c56)cc4)nc(-c4cccc5c4sc4ccccc45)n3)c2)cc1. The second kappa shape index (κ2) is 12.8. The maximum Gasteiger partial charge on any atom is 0.165 e. The van der Waals surface area contributed by atoms with E-state index in [0.29, 0.717) is 17.5 Å². The van der Waals surface area contributed by atoms with E-state index in [1.54, 1.807) is 11.3 Å². The van der Waals surface area contributed by atoms with Crippen LogP contribution in [0.4, 0.5) is 0 Å². The van der Waals surface area contributed by atoms with Crippen LogP contribution in [0.2, 0.25) is 0 Å². The summed E-state index contributed by atoms with van der Waals surface area (Å²) in [5, 5.41) is 8.51. The third-order valence-corrected chi connectivity index (χ3v) is 11.8. The Bertz CT molecular complexity index is 3260. The van der Waals surface area contributed by atoms with Gasteiger partial charge in [0.25, 0.3) is 0 Å². The predicted molar refractivity (Wildman–Crippen MR) is 230 cm³/mol. The van der Waals surface area contributed by atoms with Crippen molar-refractivity contribution in [1.82, 2.24) is 19.9 Å². The molecule has 0 aliphatic heterocycles. The molecule has 55 heavy (non-hydrogen) atoms. The molecule has 0 unspecified atom stereocenters. The summed E-state index contributed by atoms with van der Waals surface area (Å²) in [7, 11) is 0. The molecule has 0 radical (unpaired) electrons. The molecule has 0 spiro atoms. The molecule has 0 N–H and O–H groups in total. The van der Waals surface area contributed by atoms with Crippen LogP contribution in [0.1, 0.15) is 0 Å². The molecule has 8 aromatic carbocycles. The predicted octanol–water partition coefficient (Wildman–Crippen LogP) is 13.4. The van der Waals surface area contributed by atoms with E-state index < -0.39 is 0 Å². The van der Waals surface area contributed by atoms with Crippen LogP contribution in [-0.2, 0) is 0 Å². The van der Waals surface area contributed by atoms with Crippen molar-refractivity contribution in [3.63, 3.8) is 0 Å². The van der Waals surface area contributed by atoms with E-state index in [2.05, 4.69) is 170 Å². The van der Waals surface area contributed by atoms with Crippen LogP contribution in [0, 0.1) is 0 Å². The van der Waals surface area contributed by atoms with Crippen molar-refractivity contribution < 1.29 is 0 Å². The molecule has 11 aromatic rings. The lowest BCUT2D eigenvalue weighted by atomic mass is 9.93. The van der Waals surface area contributed by atoms with Crippen molar-refractivity contribution in [3.05, 3.63) is 182 Å². The van der Waals surface area contributed by atoms with Crippen LogP contribution in [0.3, 0.4) is 0 Å². The normalized spacial score (nSPS) is 11.6. The molecule has 3 aromatic heterocycles. The number of hydrogen-bond donors (Lipinski definition) is 0. The van der Waals surface area contributed by atoms with Gasteiger partial charge in [-0.05, 0) is 74.1 Å². The summed E-state index contributed by atoms with van der Waals surface area (Å²) in [4.78, 5) is 20.3. The lowest BCUT2D eigenvalue weighted by Crippen LogP contribution is -2.00. The summed E-state index contributed by atoms with van der Waals surface area (Å²) >= 11 is 1.78. The van der Waals surface area contributed by atoms with Gasteiger partial charge >= 0.3 is 0 Å². The Hall–Kier alpha value is -7.08. The molecular weight excluding hydrogens is 689 g/mol. The molecule has 11 rings (SSSR count). The van der Waals surface area contributed by atoms with E-state index in [1.807, 2.05) is 12.3 Å². The molecule has 0 atom stereocenters. The number of pyridine rings is 1. The molecule has 3 heterocycles. The number of thiophene rings is 1. The van der Waals surface area contributed by atoms with E-state index in [4.69, 9.17) is 19.9 Å². The zero-order chi connectivity index (χ0) is 36.3. The maximum atomic E-state index is 5.20. The van der Waals surface area contributed by atoms with Crippen LogP contribution in [0.5, 0.6) is 0 Å². The number of nitrogens with zero attached hydrogens (tertiary/aromatic N) is 4. The summed E-state index contributed by atoms with van der Waals surface area (Å²) in [6.45, 7) is 0. The van der Waals surface area contributed by atoms with Crippen molar-refractivity contribution in [1.29, 1.82) is 0 Å². The van der Waals surface area contributed by atoms with Crippen LogP contribution >= 0.6 is 11.3 Å². The van der Waals surface area contributed by atoms with Crippen molar-refractivity contribution in [2.75, 3.05) is 0 Å². The van der Waals surface area contributed by atoms with Gasteiger partial charge in [0.05, 0.1) is 5.52 Å². The lowest BCUT2D eigenvalue weighted by Gasteiger charge is -2.13. The fourth-order valence-electron chi connectivity index (χ4n) is 7.93. The number of hydrogen-bond acceptors (Lipinski definition) is 5. The van der Waals surface area contributed by atoms with Crippen molar-refractivity contribution in [2.24, 2.45) is 0 Å². The van der Waals surface area contributed by atoms with Crippen LogP contribution in [0.15, 0.2) is 182 Å². The summed E-state index contributed by atoms with van der Waals surface area (Å²) in [5.74, 6) is 1.93. The highest BCUT2D eigenvalue weighted by atomic mass is 32.1. The first-order chi connectivity index (χ1) is 27.2. The molecule has 0 aliphatic rings. The first kappa shape index (κ1) is 31.4. The Labute approximate surface area is 321 Å². The van der Waals surface area contributed by atoms with Crippen LogP contribution in [0.25, 0.3) is 109 Å². The Morgan fingerprint density at radius 1 is 0.364 bits per heavy atom. The van der Waals surface area contributed by atoms with Gasteiger partial charge in [0.2, 0.25) is 0 Å². The first-order valence-corrected chi connectivity index (χ1v) is 19.2. The van der Waals surface area contributed by atoms with Gasteiger partial charge in [-0.1, -0.05) is 146 Å². The van der Waals surface area contributed by atoms with Gasteiger partial charge < -0.3 is 0 Å². The standard InChI is InChI=1S/C50H30N4S/c1-2-10-31(11-3-1)35-13-8-14-36(30-35)49-52-48(53-50(54-49)43-18-9-17-42-40-16-6-7-19-45(40)55-47(42)43)34-22-20-33(21-23-34)38-28-29-51-44-27-26-39-37-15-5-4-12-32(37)24-25-41(39)46(38)44/h1-30H. The van der Waals surface area contributed by atoms with E-state index in [1.165, 1.54) is 41.7 Å². The highest BCUT2D eigenvalue weighted by molar-refractivity contribution is 7.26. The van der Waals surface area contributed by atoms with Crippen LogP contribution < -0.4 is 0 Å². The zero-order valence-corrected chi connectivity index (χ0v) is 30.3.